The van der Waals surface area contributed by atoms with Crippen LogP contribution in [0.5, 0.6) is 0 Å². The first-order valence-electron chi connectivity index (χ1n) is 3.93. The van der Waals surface area contributed by atoms with Gasteiger partial charge in [0.15, 0.2) is 0 Å². The van der Waals surface area contributed by atoms with Gasteiger partial charge in [0.05, 0.1) is 0 Å². The number of ether oxygens (including phenoxy) is 2. The van der Waals surface area contributed by atoms with E-state index in [2.05, 4.69) is 11.8 Å². The molecular formula is C8H13NO4. The molecule has 0 heterocycles. The normalized spacial score (nSPS) is 9.23. The summed E-state index contributed by atoms with van der Waals surface area (Å²) in [6, 6.07) is 0. The fraction of sp³-hybridized carbons (Fsp3) is 0.625. The number of nitrogens with one attached hydrogen (secondary N) is 1. The summed E-state index contributed by atoms with van der Waals surface area (Å²) in [5, 5.41) is 8.12. The number of rotatable bonds is 4. The quantitative estimate of drug-likeness (QED) is 0.279. The molecule has 0 rings (SSSR count). The summed E-state index contributed by atoms with van der Waals surface area (Å²) in [4.78, 5) is 10.5. The fourth-order valence-corrected chi connectivity index (χ4v) is 0.587. The molecule has 0 saturated carbocycles. The Morgan fingerprint density at radius 2 is 2.00 bits per heavy atom. The lowest BCUT2D eigenvalue weighted by atomic mass is 10.5. The van der Waals surface area contributed by atoms with Gasteiger partial charge in [0.1, 0.15) is 0 Å². The van der Waals surface area contributed by atoms with Gasteiger partial charge in [0.25, 0.3) is 0 Å². The van der Waals surface area contributed by atoms with Crippen LogP contribution < -0.4 is 5.48 Å². The molecule has 0 bridgehead atoms. The molecule has 0 saturated heterocycles. The summed E-state index contributed by atoms with van der Waals surface area (Å²) in [6.45, 7) is 4.47. The molecule has 0 radical (unpaired) electrons. The molecule has 0 aliphatic carbocycles. The Labute approximate surface area is 77.0 Å². The predicted octanol–water partition coefficient (Wildman–Crippen LogP) is -0.106. The van der Waals surface area contributed by atoms with Crippen LogP contribution in [0.25, 0.3) is 0 Å². The summed E-state index contributed by atoms with van der Waals surface area (Å²) >= 11 is 0. The molecule has 13 heavy (non-hydrogen) atoms. The zero-order valence-electron chi connectivity index (χ0n) is 7.66. The first-order valence-corrected chi connectivity index (χ1v) is 3.93. The Bertz CT molecular complexity index is 200. The van der Waals surface area contributed by atoms with Gasteiger partial charge in [-0.15, -0.1) is 0 Å². The third-order valence-corrected chi connectivity index (χ3v) is 1.04. The first kappa shape index (κ1) is 11.9. The van der Waals surface area contributed by atoms with Crippen molar-refractivity contribution in [3.8, 4) is 11.8 Å². The number of carbonyl (C=O) groups is 1. The van der Waals surface area contributed by atoms with Crippen LogP contribution >= 0.6 is 0 Å². The summed E-state index contributed by atoms with van der Waals surface area (Å²) in [6.07, 6.45) is -0.715. The van der Waals surface area contributed by atoms with Gasteiger partial charge in [0, 0.05) is 19.1 Å². The van der Waals surface area contributed by atoms with E-state index < -0.39 is 12.2 Å². The molecule has 0 aromatic rings. The van der Waals surface area contributed by atoms with Crippen LogP contribution in [0.1, 0.15) is 13.8 Å². The molecule has 0 unspecified atom stereocenters. The van der Waals surface area contributed by atoms with Crippen LogP contribution in [0, 0.1) is 11.8 Å². The van der Waals surface area contributed by atoms with Gasteiger partial charge in [-0.05, 0) is 19.8 Å². The standard InChI is InChI=1S/C8H13NO4/c1-3-12-8(13-4-2)6-5-7(10)9-11/h8,11H,3-4H2,1-2H3,(H,9,10). The summed E-state index contributed by atoms with van der Waals surface area (Å²) in [5.41, 5.74) is 1.38. The molecule has 0 spiro atoms. The average molecular weight is 187 g/mol. The van der Waals surface area contributed by atoms with Crippen molar-refractivity contribution in [2.24, 2.45) is 0 Å². The number of hydrogen-bond donors (Lipinski definition) is 2. The van der Waals surface area contributed by atoms with Gasteiger partial charge >= 0.3 is 5.91 Å². The van der Waals surface area contributed by atoms with Crippen molar-refractivity contribution in [2.45, 2.75) is 20.1 Å². The largest absolute Gasteiger partial charge is 0.342 e. The smallest absolute Gasteiger partial charge is 0.319 e. The van der Waals surface area contributed by atoms with Gasteiger partial charge in [0.2, 0.25) is 6.29 Å². The van der Waals surface area contributed by atoms with E-state index >= 15 is 0 Å². The molecule has 5 heteroatoms. The average Bonchev–Trinajstić information content (AvgIpc) is 2.14. The zero-order valence-corrected chi connectivity index (χ0v) is 7.66. The highest BCUT2D eigenvalue weighted by molar-refractivity contribution is 5.92. The van der Waals surface area contributed by atoms with Crippen LogP contribution in [0.2, 0.25) is 0 Å². The van der Waals surface area contributed by atoms with Gasteiger partial charge in [-0.3, -0.25) is 10.0 Å². The fourth-order valence-electron chi connectivity index (χ4n) is 0.587. The lowest BCUT2D eigenvalue weighted by molar-refractivity contribution is -0.123. The van der Waals surface area contributed by atoms with Crippen LogP contribution in [0.15, 0.2) is 0 Å². The molecule has 0 aliphatic heterocycles. The SMILES string of the molecule is CCOC(C#CC(=O)NO)OCC. The zero-order chi connectivity index (χ0) is 10.1. The summed E-state index contributed by atoms with van der Waals surface area (Å²) < 4.78 is 10.0. The molecule has 2 N–H and O–H groups in total. The lowest BCUT2D eigenvalue weighted by Crippen LogP contribution is -2.19. The predicted molar refractivity (Wildman–Crippen MR) is 44.7 cm³/mol. The molecule has 74 valence electrons. The van der Waals surface area contributed by atoms with E-state index in [4.69, 9.17) is 14.7 Å². The number of hydrogen-bond acceptors (Lipinski definition) is 4. The molecule has 0 atom stereocenters. The Hall–Kier alpha value is -1.09. The van der Waals surface area contributed by atoms with Crippen LogP contribution in [0.3, 0.4) is 0 Å². The molecule has 5 nitrogen and oxygen atoms in total. The van der Waals surface area contributed by atoms with Gasteiger partial charge in [-0.2, -0.15) is 0 Å². The minimum Gasteiger partial charge on any atom is -0.342 e. The van der Waals surface area contributed by atoms with Crippen molar-refractivity contribution >= 4 is 5.91 Å². The molecule has 0 aliphatic rings. The van der Waals surface area contributed by atoms with Gasteiger partial charge in [-0.25, -0.2) is 5.48 Å². The van der Waals surface area contributed by atoms with E-state index in [9.17, 15) is 4.79 Å². The maximum Gasteiger partial charge on any atom is 0.319 e. The molecular weight excluding hydrogens is 174 g/mol. The van der Waals surface area contributed by atoms with E-state index in [1.807, 2.05) is 0 Å². The second-order valence-electron chi connectivity index (χ2n) is 1.95. The van der Waals surface area contributed by atoms with Gasteiger partial charge in [-0.1, -0.05) is 0 Å². The third kappa shape index (κ3) is 6.11. The molecule has 0 aromatic carbocycles. The Morgan fingerprint density at radius 1 is 1.46 bits per heavy atom. The number of hydroxylamine groups is 1. The van der Waals surface area contributed by atoms with E-state index in [0.29, 0.717) is 13.2 Å². The van der Waals surface area contributed by atoms with E-state index in [-0.39, 0.29) is 0 Å². The van der Waals surface area contributed by atoms with Gasteiger partial charge < -0.3 is 9.47 Å². The maximum absolute atomic E-state index is 10.5. The first-order chi connectivity index (χ1) is 6.24. The Morgan fingerprint density at radius 3 is 2.38 bits per heavy atom. The van der Waals surface area contributed by atoms with Crippen LogP contribution in [-0.4, -0.2) is 30.6 Å². The van der Waals surface area contributed by atoms with Crippen LogP contribution in [-0.2, 0) is 14.3 Å². The van der Waals surface area contributed by atoms with E-state index in [1.54, 1.807) is 13.8 Å². The Balaban J connectivity index is 4.03. The van der Waals surface area contributed by atoms with Crippen molar-refractivity contribution in [1.29, 1.82) is 0 Å². The third-order valence-electron chi connectivity index (χ3n) is 1.04. The van der Waals surface area contributed by atoms with Crippen molar-refractivity contribution in [3.05, 3.63) is 0 Å². The molecule has 0 aromatic heterocycles. The number of carbonyl (C=O) groups excluding carboxylic acids is 1. The van der Waals surface area contributed by atoms with Crippen molar-refractivity contribution in [1.82, 2.24) is 5.48 Å². The Kier molecular flexibility index (Phi) is 6.92. The highest BCUT2D eigenvalue weighted by atomic mass is 16.7. The number of amides is 1. The van der Waals surface area contributed by atoms with Crippen molar-refractivity contribution in [3.63, 3.8) is 0 Å². The summed E-state index contributed by atoms with van der Waals surface area (Å²) in [7, 11) is 0. The maximum atomic E-state index is 10.5. The second kappa shape index (κ2) is 7.55. The van der Waals surface area contributed by atoms with E-state index in [0.717, 1.165) is 0 Å². The topological polar surface area (TPSA) is 67.8 Å². The highest BCUT2D eigenvalue weighted by Crippen LogP contribution is 1.91. The highest BCUT2D eigenvalue weighted by Gasteiger charge is 2.02. The minimum atomic E-state index is -0.788. The molecule has 1 amide bonds. The monoisotopic (exact) mass is 187 g/mol. The van der Waals surface area contributed by atoms with Crippen molar-refractivity contribution < 1.29 is 19.5 Å². The van der Waals surface area contributed by atoms with Crippen molar-refractivity contribution in [2.75, 3.05) is 13.2 Å². The lowest BCUT2D eigenvalue weighted by Gasteiger charge is -2.09. The molecule has 0 fully saturated rings. The van der Waals surface area contributed by atoms with E-state index in [1.165, 1.54) is 5.48 Å². The minimum absolute atomic E-state index is 0.445. The summed E-state index contributed by atoms with van der Waals surface area (Å²) in [5.74, 6) is 3.72. The second-order valence-corrected chi connectivity index (χ2v) is 1.95. The van der Waals surface area contributed by atoms with Crippen LogP contribution in [0.4, 0.5) is 0 Å².